The molecular weight excluding hydrogens is 320 g/mol. The van der Waals surface area contributed by atoms with Crippen LogP contribution in [0.15, 0.2) is 16.6 Å². The number of nitrogens with one attached hydrogen (secondary N) is 1. The van der Waals surface area contributed by atoms with Crippen LogP contribution in [0.4, 0.5) is 8.78 Å². The Morgan fingerprint density at radius 2 is 2.26 bits per heavy atom. The second kappa shape index (κ2) is 7.17. The van der Waals surface area contributed by atoms with Gasteiger partial charge in [0.1, 0.15) is 6.61 Å². The zero-order chi connectivity index (χ0) is 13.7. The van der Waals surface area contributed by atoms with Crippen LogP contribution < -0.4 is 10.1 Å². The number of hydrogen-bond acceptors (Lipinski definition) is 3. The first kappa shape index (κ1) is 14.7. The van der Waals surface area contributed by atoms with Crippen LogP contribution in [0.1, 0.15) is 12.8 Å². The predicted octanol–water partition coefficient (Wildman–Crippen LogP) is 2.87. The van der Waals surface area contributed by atoms with Gasteiger partial charge in [-0.1, -0.05) is 15.9 Å². The summed E-state index contributed by atoms with van der Waals surface area (Å²) < 4.78 is 37.6. The van der Waals surface area contributed by atoms with E-state index in [9.17, 15) is 8.78 Å². The Hall–Kier alpha value is -0.720. The highest BCUT2D eigenvalue weighted by atomic mass is 79.9. The van der Waals surface area contributed by atoms with Gasteiger partial charge in [0.05, 0.1) is 6.10 Å². The summed E-state index contributed by atoms with van der Waals surface area (Å²) in [6, 6.07) is 2.48. The molecule has 1 fully saturated rings. The van der Waals surface area contributed by atoms with Gasteiger partial charge < -0.3 is 14.8 Å². The summed E-state index contributed by atoms with van der Waals surface area (Å²) in [7, 11) is 0. The van der Waals surface area contributed by atoms with E-state index < -0.39 is 11.6 Å². The number of ether oxygens (including phenoxy) is 2. The molecule has 1 saturated heterocycles. The van der Waals surface area contributed by atoms with Crippen LogP contribution in [0.5, 0.6) is 5.75 Å². The van der Waals surface area contributed by atoms with Crippen LogP contribution in [0, 0.1) is 11.6 Å². The van der Waals surface area contributed by atoms with Crippen molar-refractivity contribution in [2.45, 2.75) is 18.9 Å². The largest absolute Gasteiger partial charge is 0.489 e. The Kier molecular flexibility index (Phi) is 5.54. The minimum Gasteiger partial charge on any atom is -0.489 e. The van der Waals surface area contributed by atoms with E-state index in [1.165, 1.54) is 6.07 Å². The monoisotopic (exact) mass is 335 g/mol. The van der Waals surface area contributed by atoms with Crippen molar-refractivity contribution in [2.24, 2.45) is 0 Å². The summed E-state index contributed by atoms with van der Waals surface area (Å²) in [4.78, 5) is 0. The SMILES string of the molecule is Fc1cc(Br)cc(OCCNCC2CCCO2)c1F. The second-order valence-electron chi connectivity index (χ2n) is 4.39. The predicted molar refractivity (Wildman–Crippen MR) is 71.4 cm³/mol. The second-order valence-corrected chi connectivity index (χ2v) is 5.30. The van der Waals surface area contributed by atoms with Crippen molar-refractivity contribution < 1.29 is 18.3 Å². The third-order valence-corrected chi connectivity index (χ3v) is 3.35. The van der Waals surface area contributed by atoms with E-state index in [4.69, 9.17) is 9.47 Å². The lowest BCUT2D eigenvalue weighted by molar-refractivity contribution is 0.109. The molecule has 0 amide bonds. The first-order valence-corrected chi connectivity index (χ1v) is 7.06. The molecule has 1 atom stereocenters. The molecule has 0 spiro atoms. The zero-order valence-corrected chi connectivity index (χ0v) is 12.0. The van der Waals surface area contributed by atoms with Gasteiger partial charge in [-0.25, -0.2) is 4.39 Å². The van der Waals surface area contributed by atoms with Crippen LogP contribution in [0.2, 0.25) is 0 Å². The molecule has 1 N–H and O–H groups in total. The molecule has 1 aliphatic heterocycles. The quantitative estimate of drug-likeness (QED) is 0.640. The van der Waals surface area contributed by atoms with Crippen molar-refractivity contribution in [1.82, 2.24) is 5.32 Å². The van der Waals surface area contributed by atoms with Crippen LogP contribution in [0.25, 0.3) is 0 Å². The Bertz CT molecular complexity index is 425. The van der Waals surface area contributed by atoms with Gasteiger partial charge in [0.2, 0.25) is 5.82 Å². The van der Waals surface area contributed by atoms with Crippen LogP contribution >= 0.6 is 15.9 Å². The van der Waals surface area contributed by atoms with Crippen LogP contribution in [0.3, 0.4) is 0 Å². The average molecular weight is 336 g/mol. The molecule has 3 nitrogen and oxygen atoms in total. The van der Waals surface area contributed by atoms with Crippen LogP contribution in [-0.4, -0.2) is 32.4 Å². The minimum absolute atomic E-state index is 0.0780. The van der Waals surface area contributed by atoms with Crippen molar-refractivity contribution in [2.75, 3.05) is 26.3 Å². The summed E-state index contributed by atoms with van der Waals surface area (Å²) in [5.74, 6) is -1.95. The lowest BCUT2D eigenvalue weighted by Gasteiger charge is -2.12. The highest BCUT2D eigenvalue weighted by molar-refractivity contribution is 9.10. The van der Waals surface area contributed by atoms with Gasteiger partial charge in [-0.15, -0.1) is 0 Å². The molecular formula is C13H16BrF2NO2. The molecule has 0 aliphatic carbocycles. The molecule has 0 saturated carbocycles. The molecule has 2 rings (SSSR count). The fourth-order valence-electron chi connectivity index (χ4n) is 1.94. The van der Waals surface area contributed by atoms with Gasteiger partial charge in [0, 0.05) is 24.2 Å². The van der Waals surface area contributed by atoms with Gasteiger partial charge in [-0.05, 0) is 25.0 Å². The summed E-state index contributed by atoms with van der Waals surface area (Å²) in [5, 5.41) is 3.17. The standard InChI is InChI=1S/C13H16BrF2NO2/c14-9-6-11(15)13(16)12(7-9)19-5-3-17-8-10-2-1-4-18-10/h6-7,10,17H,1-5,8H2. The number of rotatable bonds is 6. The van der Waals surface area contributed by atoms with Gasteiger partial charge >= 0.3 is 0 Å². The topological polar surface area (TPSA) is 30.5 Å². The van der Waals surface area contributed by atoms with E-state index in [1.807, 2.05) is 0 Å². The van der Waals surface area contributed by atoms with Crippen molar-refractivity contribution in [3.8, 4) is 5.75 Å². The number of hydrogen-bond donors (Lipinski definition) is 1. The molecule has 0 bridgehead atoms. The summed E-state index contributed by atoms with van der Waals surface area (Å²) in [6.07, 6.45) is 2.44. The molecule has 6 heteroatoms. The lowest BCUT2D eigenvalue weighted by Crippen LogP contribution is -2.29. The molecule has 1 aromatic rings. The van der Waals surface area contributed by atoms with E-state index in [1.54, 1.807) is 0 Å². The molecule has 1 aliphatic rings. The van der Waals surface area contributed by atoms with Crippen molar-refractivity contribution in [3.05, 3.63) is 28.2 Å². The van der Waals surface area contributed by atoms with E-state index in [0.29, 0.717) is 11.0 Å². The average Bonchev–Trinajstić information content (AvgIpc) is 2.87. The summed E-state index contributed by atoms with van der Waals surface area (Å²) >= 11 is 3.10. The summed E-state index contributed by atoms with van der Waals surface area (Å²) in [6.45, 7) is 2.43. The maximum atomic E-state index is 13.4. The highest BCUT2D eigenvalue weighted by Gasteiger charge is 2.14. The maximum Gasteiger partial charge on any atom is 0.200 e. The van der Waals surface area contributed by atoms with Gasteiger partial charge in [-0.2, -0.15) is 4.39 Å². The Balaban J connectivity index is 1.70. The summed E-state index contributed by atoms with van der Waals surface area (Å²) in [5.41, 5.74) is 0. The van der Waals surface area contributed by atoms with E-state index in [0.717, 1.165) is 32.1 Å². The molecule has 1 aromatic carbocycles. The molecule has 0 aromatic heterocycles. The number of benzene rings is 1. The molecule has 106 valence electrons. The first-order valence-electron chi connectivity index (χ1n) is 6.26. The third kappa shape index (κ3) is 4.40. The van der Waals surface area contributed by atoms with Gasteiger partial charge in [0.25, 0.3) is 0 Å². The fourth-order valence-corrected chi connectivity index (χ4v) is 2.35. The lowest BCUT2D eigenvalue weighted by atomic mass is 10.2. The molecule has 1 unspecified atom stereocenters. The van der Waals surface area contributed by atoms with Crippen molar-refractivity contribution in [3.63, 3.8) is 0 Å². The van der Waals surface area contributed by atoms with Gasteiger partial charge in [-0.3, -0.25) is 0 Å². The first-order chi connectivity index (χ1) is 9.16. The zero-order valence-electron chi connectivity index (χ0n) is 10.4. The van der Waals surface area contributed by atoms with E-state index >= 15 is 0 Å². The highest BCUT2D eigenvalue weighted by Crippen LogP contribution is 2.25. The minimum atomic E-state index is -0.956. The van der Waals surface area contributed by atoms with Crippen LogP contribution in [-0.2, 0) is 4.74 Å². The molecule has 19 heavy (non-hydrogen) atoms. The van der Waals surface area contributed by atoms with Crippen molar-refractivity contribution >= 4 is 15.9 Å². The third-order valence-electron chi connectivity index (χ3n) is 2.89. The Labute approximate surface area is 119 Å². The molecule has 0 radical (unpaired) electrons. The van der Waals surface area contributed by atoms with Gasteiger partial charge in [0.15, 0.2) is 11.6 Å². The molecule has 1 heterocycles. The Morgan fingerprint density at radius 3 is 3.00 bits per heavy atom. The van der Waals surface area contributed by atoms with Crippen molar-refractivity contribution in [1.29, 1.82) is 0 Å². The van der Waals surface area contributed by atoms with E-state index in [-0.39, 0.29) is 18.5 Å². The maximum absolute atomic E-state index is 13.4. The number of halogens is 3. The smallest absolute Gasteiger partial charge is 0.200 e. The fraction of sp³-hybridized carbons (Fsp3) is 0.538. The van der Waals surface area contributed by atoms with E-state index in [2.05, 4.69) is 21.2 Å². The Morgan fingerprint density at radius 1 is 1.42 bits per heavy atom. The normalized spacial score (nSPS) is 18.8.